The van der Waals surface area contributed by atoms with Gasteiger partial charge in [0.1, 0.15) is 0 Å². The van der Waals surface area contributed by atoms with Crippen LogP contribution in [0, 0.1) is 0 Å². The molecule has 2 fully saturated rings. The number of nitrogens with one attached hydrogen (secondary N) is 1. The van der Waals surface area contributed by atoms with E-state index in [0.29, 0.717) is 18.4 Å². The second-order valence-electron chi connectivity index (χ2n) is 7.62. The van der Waals surface area contributed by atoms with Crippen molar-refractivity contribution in [3.05, 3.63) is 34.7 Å². The Morgan fingerprint density at radius 1 is 1.12 bits per heavy atom. The summed E-state index contributed by atoms with van der Waals surface area (Å²) in [6.07, 6.45) is 4.64. The zero-order valence-corrected chi connectivity index (χ0v) is 15.5. The van der Waals surface area contributed by atoms with Crippen LogP contribution in [0.3, 0.4) is 0 Å². The Morgan fingerprint density at radius 2 is 1.85 bits per heavy atom. The molecule has 2 aromatic rings. The van der Waals surface area contributed by atoms with Crippen LogP contribution >= 0.6 is 0 Å². The first-order valence-corrected chi connectivity index (χ1v) is 9.88. The Labute approximate surface area is 153 Å². The lowest BCUT2D eigenvalue weighted by Crippen LogP contribution is -2.44. The van der Waals surface area contributed by atoms with Gasteiger partial charge in [-0.15, -0.1) is 0 Å². The number of amides is 1. The number of imidazole rings is 1. The third-order valence-electron chi connectivity index (χ3n) is 5.98. The Balaban J connectivity index is 1.39. The molecular formula is C20H28N4O2. The van der Waals surface area contributed by atoms with Crippen LogP contribution in [0.25, 0.3) is 11.0 Å². The lowest BCUT2D eigenvalue weighted by Gasteiger charge is -2.36. The molecule has 1 unspecified atom stereocenters. The molecule has 2 aliphatic heterocycles. The molecule has 1 atom stereocenters. The number of aromatic nitrogens is 2. The largest absolute Gasteiger partial charge is 0.341 e. The highest BCUT2D eigenvalue weighted by molar-refractivity contribution is 5.76. The molecule has 2 aliphatic rings. The SMILES string of the molecule is CCCC(=O)N1CCC(N2CCC(n3c(=O)[nH]c4ccccc43)CC2)C1. The van der Waals surface area contributed by atoms with Crippen LogP contribution in [-0.2, 0) is 4.79 Å². The monoisotopic (exact) mass is 356 g/mol. The molecule has 0 aliphatic carbocycles. The minimum Gasteiger partial charge on any atom is -0.341 e. The summed E-state index contributed by atoms with van der Waals surface area (Å²) in [7, 11) is 0. The van der Waals surface area contributed by atoms with Crippen molar-refractivity contribution in [3.63, 3.8) is 0 Å². The number of aromatic amines is 1. The fraction of sp³-hybridized carbons (Fsp3) is 0.600. The molecule has 6 nitrogen and oxygen atoms in total. The predicted octanol–water partition coefficient (Wildman–Crippen LogP) is 2.37. The van der Waals surface area contributed by atoms with Crippen LogP contribution in [0.15, 0.2) is 29.1 Å². The number of likely N-dealkylation sites (tertiary alicyclic amines) is 2. The first kappa shape index (κ1) is 17.3. The van der Waals surface area contributed by atoms with Crippen molar-refractivity contribution in [1.82, 2.24) is 19.4 Å². The van der Waals surface area contributed by atoms with Crippen molar-refractivity contribution in [1.29, 1.82) is 0 Å². The summed E-state index contributed by atoms with van der Waals surface area (Å²) in [6, 6.07) is 8.67. The van der Waals surface area contributed by atoms with E-state index in [1.54, 1.807) is 0 Å². The summed E-state index contributed by atoms with van der Waals surface area (Å²) >= 11 is 0. The van der Waals surface area contributed by atoms with Crippen molar-refractivity contribution < 1.29 is 4.79 Å². The van der Waals surface area contributed by atoms with E-state index < -0.39 is 0 Å². The zero-order chi connectivity index (χ0) is 18.1. The summed E-state index contributed by atoms with van der Waals surface area (Å²) < 4.78 is 1.94. The fourth-order valence-electron chi connectivity index (χ4n) is 4.58. The molecule has 1 aromatic carbocycles. The van der Waals surface area contributed by atoms with Crippen LogP contribution < -0.4 is 5.69 Å². The Morgan fingerprint density at radius 3 is 2.62 bits per heavy atom. The number of benzene rings is 1. The highest BCUT2D eigenvalue weighted by atomic mass is 16.2. The van der Waals surface area contributed by atoms with Gasteiger partial charge in [0, 0.05) is 44.7 Å². The molecule has 4 rings (SSSR count). The number of carbonyl (C=O) groups is 1. The van der Waals surface area contributed by atoms with E-state index in [0.717, 1.165) is 62.9 Å². The van der Waals surface area contributed by atoms with Crippen LogP contribution in [-0.4, -0.2) is 57.5 Å². The van der Waals surface area contributed by atoms with E-state index in [-0.39, 0.29) is 11.7 Å². The summed E-state index contributed by atoms with van der Waals surface area (Å²) in [5.41, 5.74) is 1.93. The van der Waals surface area contributed by atoms with Gasteiger partial charge in [-0.25, -0.2) is 4.79 Å². The Hall–Kier alpha value is -2.08. The second-order valence-corrected chi connectivity index (χ2v) is 7.62. The lowest BCUT2D eigenvalue weighted by molar-refractivity contribution is -0.130. The molecule has 0 radical (unpaired) electrons. The van der Waals surface area contributed by atoms with E-state index >= 15 is 0 Å². The molecule has 1 N–H and O–H groups in total. The molecule has 26 heavy (non-hydrogen) atoms. The van der Waals surface area contributed by atoms with Gasteiger partial charge in [0.2, 0.25) is 5.91 Å². The van der Waals surface area contributed by atoms with Crippen LogP contribution in [0.2, 0.25) is 0 Å². The van der Waals surface area contributed by atoms with Crippen molar-refractivity contribution in [2.24, 2.45) is 0 Å². The molecular weight excluding hydrogens is 328 g/mol. The first-order valence-electron chi connectivity index (χ1n) is 9.88. The summed E-state index contributed by atoms with van der Waals surface area (Å²) in [4.78, 5) is 32.0. The van der Waals surface area contributed by atoms with Gasteiger partial charge in [0.05, 0.1) is 11.0 Å². The number of hydrogen-bond acceptors (Lipinski definition) is 3. The average molecular weight is 356 g/mol. The molecule has 6 heteroatoms. The number of para-hydroxylation sites is 2. The minimum absolute atomic E-state index is 0.00172. The molecule has 1 aromatic heterocycles. The topological polar surface area (TPSA) is 61.3 Å². The Kier molecular flexibility index (Phi) is 4.85. The molecule has 0 spiro atoms. The number of rotatable bonds is 4. The number of carbonyl (C=O) groups excluding carboxylic acids is 1. The van der Waals surface area contributed by atoms with Gasteiger partial charge in [-0.05, 0) is 37.8 Å². The zero-order valence-electron chi connectivity index (χ0n) is 15.5. The standard InChI is InChI=1S/C20H28N4O2/c1-2-5-19(25)23-13-10-16(14-23)22-11-8-15(9-12-22)24-18-7-4-3-6-17(18)21-20(24)26/h3-4,6-7,15-16H,2,5,8-14H2,1H3,(H,21,26). The number of nitrogens with zero attached hydrogens (tertiary/aromatic N) is 3. The predicted molar refractivity (Wildman–Crippen MR) is 102 cm³/mol. The summed E-state index contributed by atoms with van der Waals surface area (Å²) in [6.45, 7) is 5.82. The molecule has 2 saturated heterocycles. The molecule has 1 amide bonds. The number of H-pyrrole nitrogens is 1. The van der Waals surface area contributed by atoms with Gasteiger partial charge in [-0.2, -0.15) is 0 Å². The average Bonchev–Trinajstić information content (AvgIpc) is 3.26. The van der Waals surface area contributed by atoms with Gasteiger partial charge in [-0.1, -0.05) is 19.1 Å². The summed E-state index contributed by atoms with van der Waals surface area (Å²) in [5.74, 6) is 0.301. The maximum Gasteiger partial charge on any atom is 0.326 e. The van der Waals surface area contributed by atoms with Gasteiger partial charge in [0.15, 0.2) is 0 Å². The highest BCUT2D eigenvalue weighted by Gasteiger charge is 2.33. The fourth-order valence-corrected chi connectivity index (χ4v) is 4.58. The van der Waals surface area contributed by atoms with Gasteiger partial charge < -0.3 is 9.88 Å². The second kappa shape index (κ2) is 7.27. The van der Waals surface area contributed by atoms with Crippen LogP contribution in [0.4, 0.5) is 0 Å². The third-order valence-corrected chi connectivity index (χ3v) is 5.98. The molecule has 140 valence electrons. The van der Waals surface area contributed by atoms with Crippen molar-refractivity contribution >= 4 is 16.9 Å². The van der Waals surface area contributed by atoms with Crippen molar-refractivity contribution in [2.45, 2.75) is 51.1 Å². The van der Waals surface area contributed by atoms with E-state index in [2.05, 4.69) is 16.8 Å². The van der Waals surface area contributed by atoms with Crippen LogP contribution in [0.1, 0.15) is 45.1 Å². The smallest absolute Gasteiger partial charge is 0.326 e. The van der Waals surface area contributed by atoms with Crippen molar-refractivity contribution in [3.8, 4) is 0 Å². The van der Waals surface area contributed by atoms with Gasteiger partial charge in [-0.3, -0.25) is 14.3 Å². The lowest BCUT2D eigenvalue weighted by atomic mass is 10.0. The van der Waals surface area contributed by atoms with Gasteiger partial charge >= 0.3 is 5.69 Å². The number of hydrogen-bond donors (Lipinski definition) is 1. The molecule has 3 heterocycles. The third kappa shape index (κ3) is 3.18. The highest BCUT2D eigenvalue weighted by Crippen LogP contribution is 2.28. The number of piperidine rings is 1. The molecule has 0 bridgehead atoms. The van der Waals surface area contributed by atoms with Crippen LogP contribution in [0.5, 0.6) is 0 Å². The molecule has 0 saturated carbocycles. The quantitative estimate of drug-likeness (QED) is 0.915. The maximum absolute atomic E-state index is 12.4. The van der Waals surface area contributed by atoms with Gasteiger partial charge in [0.25, 0.3) is 0 Å². The first-order chi connectivity index (χ1) is 12.7. The van der Waals surface area contributed by atoms with E-state index in [4.69, 9.17) is 0 Å². The number of fused-ring (bicyclic) bond motifs is 1. The summed E-state index contributed by atoms with van der Waals surface area (Å²) in [5, 5.41) is 0. The van der Waals surface area contributed by atoms with E-state index in [9.17, 15) is 9.59 Å². The minimum atomic E-state index is 0.00172. The normalized spacial score (nSPS) is 22.3. The van der Waals surface area contributed by atoms with E-state index in [1.165, 1.54) is 0 Å². The van der Waals surface area contributed by atoms with Crippen molar-refractivity contribution in [2.75, 3.05) is 26.2 Å². The Bertz CT molecular complexity index is 832. The maximum atomic E-state index is 12.4. The van der Waals surface area contributed by atoms with E-state index in [1.807, 2.05) is 33.7 Å².